The van der Waals surface area contributed by atoms with E-state index >= 15 is 0 Å². The number of rotatable bonds is 2. The van der Waals surface area contributed by atoms with Gasteiger partial charge in [-0.2, -0.15) is 0 Å². The van der Waals surface area contributed by atoms with Gasteiger partial charge in [-0.05, 0) is 25.0 Å². The summed E-state index contributed by atoms with van der Waals surface area (Å²) in [6.07, 6.45) is 5.46. The third kappa shape index (κ3) is 2.56. The first kappa shape index (κ1) is 12.4. The average molecular weight is 275 g/mol. The third-order valence-corrected chi connectivity index (χ3v) is 4.99. The highest BCUT2D eigenvalue weighted by molar-refractivity contribution is 7.85. The van der Waals surface area contributed by atoms with E-state index in [1.807, 2.05) is 24.4 Å². The Balaban J connectivity index is 1.85. The zero-order valence-electron chi connectivity index (χ0n) is 10.6. The molecule has 1 saturated heterocycles. The van der Waals surface area contributed by atoms with Crippen LogP contribution in [0.2, 0.25) is 0 Å². The summed E-state index contributed by atoms with van der Waals surface area (Å²) in [6, 6.07) is 6.35. The van der Waals surface area contributed by atoms with Gasteiger partial charge in [-0.3, -0.25) is 9.19 Å². The third-order valence-electron chi connectivity index (χ3n) is 3.61. The van der Waals surface area contributed by atoms with Crippen molar-refractivity contribution in [1.29, 1.82) is 0 Å². The van der Waals surface area contributed by atoms with Crippen molar-refractivity contribution in [2.45, 2.75) is 18.9 Å². The second-order valence-electron chi connectivity index (χ2n) is 4.89. The van der Waals surface area contributed by atoms with E-state index in [2.05, 4.69) is 10.3 Å². The summed E-state index contributed by atoms with van der Waals surface area (Å²) in [5.74, 6) is 1.57. The van der Waals surface area contributed by atoms with Gasteiger partial charge >= 0.3 is 0 Å². The van der Waals surface area contributed by atoms with Gasteiger partial charge in [0, 0.05) is 51.5 Å². The fourth-order valence-electron chi connectivity index (χ4n) is 2.48. The molecule has 1 aromatic carbocycles. The number of hydrogen-bond donors (Lipinski definition) is 2. The van der Waals surface area contributed by atoms with Gasteiger partial charge in [0.2, 0.25) is 0 Å². The van der Waals surface area contributed by atoms with Gasteiger partial charge in [-0.25, -0.2) is 0 Å². The lowest BCUT2D eigenvalue weighted by Crippen LogP contribution is -2.29. The lowest BCUT2D eigenvalue weighted by molar-refractivity contribution is 0.624. The molecule has 19 heavy (non-hydrogen) atoms. The summed E-state index contributed by atoms with van der Waals surface area (Å²) in [4.78, 5) is 4.10. The molecular weight excluding hydrogens is 258 g/mol. The highest BCUT2D eigenvalue weighted by atomic mass is 32.2. The predicted octanol–water partition coefficient (Wildman–Crippen LogP) is 2.14. The maximum atomic E-state index is 11.4. The Hall–Kier alpha value is -1.62. The Morgan fingerprint density at radius 3 is 2.84 bits per heavy atom. The summed E-state index contributed by atoms with van der Waals surface area (Å²) >= 11 is 0. The Kier molecular flexibility index (Phi) is 3.38. The molecule has 1 aliphatic heterocycles. The highest BCUT2D eigenvalue weighted by Crippen LogP contribution is 2.29. The van der Waals surface area contributed by atoms with Gasteiger partial charge in [0.25, 0.3) is 0 Å². The van der Waals surface area contributed by atoms with Crippen LogP contribution in [-0.4, -0.2) is 26.7 Å². The molecule has 1 aliphatic rings. The molecule has 0 unspecified atom stereocenters. The highest BCUT2D eigenvalue weighted by Gasteiger charge is 2.18. The Morgan fingerprint density at radius 1 is 1.26 bits per heavy atom. The molecule has 4 nitrogen and oxygen atoms in total. The van der Waals surface area contributed by atoms with Crippen LogP contribution in [0, 0.1) is 0 Å². The minimum Gasteiger partial charge on any atom is -0.397 e. The quantitative estimate of drug-likeness (QED) is 0.824. The van der Waals surface area contributed by atoms with E-state index in [0.717, 1.165) is 46.5 Å². The first-order chi connectivity index (χ1) is 9.24. The number of nitrogens with one attached hydrogen (secondary N) is 1. The minimum atomic E-state index is -0.626. The summed E-state index contributed by atoms with van der Waals surface area (Å²) in [6.45, 7) is 0. The van der Waals surface area contributed by atoms with Gasteiger partial charge in [0.15, 0.2) is 0 Å². The molecular formula is C14H17N3OS. The van der Waals surface area contributed by atoms with Crippen molar-refractivity contribution >= 4 is 32.9 Å². The second-order valence-corrected chi connectivity index (χ2v) is 6.59. The number of nitrogens with zero attached hydrogens (tertiary/aromatic N) is 1. The molecule has 1 aromatic heterocycles. The summed E-state index contributed by atoms with van der Waals surface area (Å²) in [7, 11) is -0.626. The molecule has 0 amide bonds. The summed E-state index contributed by atoms with van der Waals surface area (Å²) in [5.41, 5.74) is 7.95. The smallest absolute Gasteiger partial charge is 0.0630 e. The fourth-order valence-corrected chi connectivity index (χ4v) is 3.78. The topological polar surface area (TPSA) is 68.0 Å². The standard InChI is InChI=1S/C14H17N3OS/c15-14-12-3-6-16-9-10(12)1-2-13(14)17-11-4-7-19(18)8-5-11/h1-3,6,9,11,17H,4-5,7-8,15H2. The van der Waals surface area contributed by atoms with Crippen molar-refractivity contribution in [2.75, 3.05) is 22.6 Å². The second kappa shape index (κ2) is 5.17. The molecule has 0 radical (unpaired) electrons. The van der Waals surface area contributed by atoms with Crippen molar-refractivity contribution < 1.29 is 4.21 Å². The zero-order valence-corrected chi connectivity index (χ0v) is 11.5. The number of pyridine rings is 1. The van der Waals surface area contributed by atoms with Crippen LogP contribution in [-0.2, 0) is 10.8 Å². The van der Waals surface area contributed by atoms with E-state index in [0.29, 0.717) is 6.04 Å². The SMILES string of the molecule is Nc1c(NC2CCS(=O)CC2)ccc2cnccc12. The van der Waals surface area contributed by atoms with Crippen molar-refractivity contribution in [3.05, 3.63) is 30.6 Å². The molecule has 2 heterocycles. The van der Waals surface area contributed by atoms with Crippen LogP contribution in [0.3, 0.4) is 0 Å². The number of nitrogen functional groups attached to an aromatic ring is 1. The van der Waals surface area contributed by atoms with E-state index in [1.54, 1.807) is 6.20 Å². The van der Waals surface area contributed by atoms with Gasteiger partial charge < -0.3 is 11.1 Å². The van der Waals surface area contributed by atoms with Crippen LogP contribution in [0.4, 0.5) is 11.4 Å². The largest absolute Gasteiger partial charge is 0.397 e. The van der Waals surface area contributed by atoms with Crippen molar-refractivity contribution in [3.63, 3.8) is 0 Å². The van der Waals surface area contributed by atoms with Crippen molar-refractivity contribution in [3.8, 4) is 0 Å². The molecule has 3 rings (SSSR count). The fraction of sp³-hybridized carbons (Fsp3) is 0.357. The molecule has 5 heteroatoms. The normalized spacial score (nSPS) is 23.4. The molecule has 0 atom stereocenters. The van der Waals surface area contributed by atoms with E-state index in [4.69, 9.17) is 5.73 Å². The van der Waals surface area contributed by atoms with E-state index < -0.39 is 10.8 Å². The van der Waals surface area contributed by atoms with Crippen LogP contribution >= 0.6 is 0 Å². The molecule has 0 bridgehead atoms. The molecule has 1 fully saturated rings. The Morgan fingerprint density at radius 2 is 2.05 bits per heavy atom. The van der Waals surface area contributed by atoms with E-state index in [9.17, 15) is 4.21 Å². The maximum absolute atomic E-state index is 11.4. The van der Waals surface area contributed by atoms with E-state index in [-0.39, 0.29) is 0 Å². The number of fused-ring (bicyclic) bond motifs is 1. The van der Waals surface area contributed by atoms with E-state index in [1.165, 1.54) is 0 Å². The Labute approximate surface area is 114 Å². The lowest BCUT2D eigenvalue weighted by atomic mass is 10.1. The monoisotopic (exact) mass is 275 g/mol. The lowest BCUT2D eigenvalue weighted by Gasteiger charge is -2.24. The van der Waals surface area contributed by atoms with Crippen LogP contribution in [0.25, 0.3) is 10.8 Å². The number of anilines is 2. The van der Waals surface area contributed by atoms with Crippen LogP contribution < -0.4 is 11.1 Å². The van der Waals surface area contributed by atoms with Crippen LogP contribution in [0.5, 0.6) is 0 Å². The maximum Gasteiger partial charge on any atom is 0.0630 e. The van der Waals surface area contributed by atoms with Crippen LogP contribution in [0.1, 0.15) is 12.8 Å². The summed E-state index contributed by atoms with van der Waals surface area (Å²) < 4.78 is 11.4. The number of aromatic nitrogens is 1. The van der Waals surface area contributed by atoms with Crippen LogP contribution in [0.15, 0.2) is 30.6 Å². The van der Waals surface area contributed by atoms with Crippen molar-refractivity contribution in [1.82, 2.24) is 4.98 Å². The van der Waals surface area contributed by atoms with Gasteiger partial charge in [-0.1, -0.05) is 6.07 Å². The molecule has 0 aliphatic carbocycles. The zero-order chi connectivity index (χ0) is 13.2. The molecule has 0 saturated carbocycles. The minimum absolute atomic E-state index is 0.374. The first-order valence-corrected chi connectivity index (χ1v) is 7.96. The number of hydrogen-bond acceptors (Lipinski definition) is 4. The van der Waals surface area contributed by atoms with Gasteiger partial charge in [0.1, 0.15) is 0 Å². The number of benzene rings is 1. The van der Waals surface area contributed by atoms with Crippen molar-refractivity contribution in [2.24, 2.45) is 0 Å². The molecule has 3 N–H and O–H groups in total. The first-order valence-electron chi connectivity index (χ1n) is 6.48. The number of nitrogens with two attached hydrogens (primary N) is 1. The average Bonchev–Trinajstić information content (AvgIpc) is 2.45. The summed E-state index contributed by atoms with van der Waals surface area (Å²) in [5, 5.41) is 5.56. The van der Waals surface area contributed by atoms with Gasteiger partial charge in [0.05, 0.1) is 11.4 Å². The Bertz CT molecular complexity index is 619. The molecule has 100 valence electrons. The molecule has 2 aromatic rings. The molecule has 0 spiro atoms. The predicted molar refractivity (Wildman–Crippen MR) is 80.7 cm³/mol. The van der Waals surface area contributed by atoms with Gasteiger partial charge in [-0.15, -0.1) is 0 Å².